The summed E-state index contributed by atoms with van der Waals surface area (Å²) >= 11 is 0. The van der Waals surface area contributed by atoms with Crippen LogP contribution in [0.4, 0.5) is 9.18 Å². The summed E-state index contributed by atoms with van der Waals surface area (Å²) in [6.07, 6.45) is 0.622. The number of carbonyl (C=O) groups excluding carboxylic acids is 3. The lowest BCUT2D eigenvalue weighted by molar-refractivity contribution is -0.135. The summed E-state index contributed by atoms with van der Waals surface area (Å²) in [5, 5.41) is 5.86. The normalized spacial score (nSPS) is 22.1. The highest BCUT2D eigenvalue weighted by Crippen LogP contribution is 2.24. The van der Waals surface area contributed by atoms with Crippen molar-refractivity contribution in [1.29, 1.82) is 0 Å². The van der Waals surface area contributed by atoms with Crippen LogP contribution in [-0.2, 0) is 9.59 Å². The van der Waals surface area contributed by atoms with Gasteiger partial charge in [0.2, 0.25) is 5.91 Å². The summed E-state index contributed by atoms with van der Waals surface area (Å²) in [6, 6.07) is 5.64. The minimum Gasteiger partial charge on any atom is -0.333 e. The summed E-state index contributed by atoms with van der Waals surface area (Å²) in [6.45, 7) is 5.30. The van der Waals surface area contributed by atoms with Crippen molar-refractivity contribution in [3.8, 4) is 0 Å². The molecule has 0 radical (unpaired) electrons. The van der Waals surface area contributed by atoms with Gasteiger partial charge in [-0.05, 0) is 38.0 Å². The zero-order chi connectivity index (χ0) is 19.6. The SMILES string of the molecule is CC1(C)NC(=O)N(CCCC(=O)N2CCNCC2c2cccc(F)c2)C1=O. The van der Waals surface area contributed by atoms with Crippen LogP contribution in [0, 0.1) is 5.82 Å². The lowest BCUT2D eigenvalue weighted by Gasteiger charge is -2.36. The number of piperazine rings is 1. The van der Waals surface area contributed by atoms with E-state index < -0.39 is 11.6 Å². The van der Waals surface area contributed by atoms with E-state index in [1.807, 2.05) is 6.07 Å². The molecule has 2 aliphatic heterocycles. The molecule has 1 unspecified atom stereocenters. The number of urea groups is 1. The molecule has 0 aromatic heterocycles. The molecule has 146 valence electrons. The lowest BCUT2D eigenvalue weighted by Crippen LogP contribution is -2.48. The number of benzene rings is 1. The summed E-state index contributed by atoms with van der Waals surface area (Å²) < 4.78 is 13.6. The minimum atomic E-state index is -0.901. The number of carbonyl (C=O) groups is 3. The lowest BCUT2D eigenvalue weighted by atomic mass is 10.0. The Labute approximate surface area is 157 Å². The maximum atomic E-state index is 13.6. The van der Waals surface area contributed by atoms with Crippen molar-refractivity contribution in [2.75, 3.05) is 26.2 Å². The van der Waals surface area contributed by atoms with E-state index in [-0.39, 0.29) is 36.6 Å². The maximum absolute atomic E-state index is 13.6. The smallest absolute Gasteiger partial charge is 0.325 e. The predicted octanol–water partition coefficient (Wildman–Crippen LogP) is 1.41. The van der Waals surface area contributed by atoms with E-state index in [2.05, 4.69) is 10.6 Å². The topological polar surface area (TPSA) is 81.8 Å². The third kappa shape index (κ3) is 4.10. The fourth-order valence-corrected chi connectivity index (χ4v) is 3.57. The highest BCUT2D eigenvalue weighted by Gasteiger charge is 2.43. The van der Waals surface area contributed by atoms with Gasteiger partial charge in [-0.2, -0.15) is 0 Å². The van der Waals surface area contributed by atoms with E-state index in [4.69, 9.17) is 0 Å². The highest BCUT2D eigenvalue weighted by atomic mass is 19.1. The average Bonchev–Trinajstić information content (AvgIpc) is 2.83. The van der Waals surface area contributed by atoms with Crippen molar-refractivity contribution in [3.05, 3.63) is 35.6 Å². The molecule has 0 aliphatic carbocycles. The summed E-state index contributed by atoms with van der Waals surface area (Å²) in [7, 11) is 0. The maximum Gasteiger partial charge on any atom is 0.325 e. The van der Waals surface area contributed by atoms with Crippen LogP contribution in [0.5, 0.6) is 0 Å². The average molecular weight is 376 g/mol. The Kier molecular flexibility index (Phi) is 5.46. The Balaban J connectivity index is 1.59. The number of hydrogen-bond acceptors (Lipinski definition) is 4. The van der Waals surface area contributed by atoms with Crippen molar-refractivity contribution < 1.29 is 18.8 Å². The van der Waals surface area contributed by atoms with Crippen LogP contribution in [0.25, 0.3) is 0 Å². The zero-order valence-electron chi connectivity index (χ0n) is 15.6. The third-order valence-corrected chi connectivity index (χ3v) is 5.01. The Morgan fingerprint density at radius 2 is 2.11 bits per heavy atom. The monoisotopic (exact) mass is 376 g/mol. The molecule has 1 aromatic rings. The van der Waals surface area contributed by atoms with Crippen molar-refractivity contribution in [2.45, 2.75) is 38.3 Å². The van der Waals surface area contributed by atoms with Gasteiger partial charge in [-0.3, -0.25) is 14.5 Å². The Morgan fingerprint density at radius 1 is 1.33 bits per heavy atom. The first kappa shape index (κ1) is 19.3. The second kappa shape index (κ2) is 7.64. The third-order valence-electron chi connectivity index (χ3n) is 5.01. The molecule has 4 amide bonds. The molecule has 1 atom stereocenters. The highest BCUT2D eigenvalue weighted by molar-refractivity contribution is 6.06. The first-order chi connectivity index (χ1) is 12.8. The van der Waals surface area contributed by atoms with E-state index in [1.54, 1.807) is 24.8 Å². The number of hydrogen-bond donors (Lipinski definition) is 2. The van der Waals surface area contributed by atoms with Crippen LogP contribution in [0.3, 0.4) is 0 Å². The Hall–Kier alpha value is -2.48. The fraction of sp³-hybridized carbons (Fsp3) is 0.526. The summed E-state index contributed by atoms with van der Waals surface area (Å²) in [4.78, 5) is 39.7. The quantitative estimate of drug-likeness (QED) is 0.762. The van der Waals surface area contributed by atoms with Crippen LogP contribution in [0.15, 0.2) is 24.3 Å². The van der Waals surface area contributed by atoms with E-state index in [0.717, 1.165) is 10.5 Å². The number of imide groups is 1. The molecule has 3 rings (SSSR count). The van der Waals surface area contributed by atoms with Gasteiger partial charge in [0.05, 0.1) is 6.04 Å². The molecule has 0 bridgehead atoms. The first-order valence-electron chi connectivity index (χ1n) is 9.19. The molecule has 2 heterocycles. The van der Waals surface area contributed by atoms with Crippen molar-refractivity contribution in [3.63, 3.8) is 0 Å². The van der Waals surface area contributed by atoms with Gasteiger partial charge in [0, 0.05) is 32.6 Å². The number of amides is 4. The first-order valence-corrected chi connectivity index (χ1v) is 9.19. The number of rotatable bonds is 5. The van der Waals surface area contributed by atoms with Crippen LogP contribution in [0.2, 0.25) is 0 Å². The van der Waals surface area contributed by atoms with E-state index in [0.29, 0.717) is 26.1 Å². The molecule has 1 aromatic carbocycles. The molecular weight excluding hydrogens is 351 g/mol. The Morgan fingerprint density at radius 3 is 2.78 bits per heavy atom. The number of nitrogens with zero attached hydrogens (tertiary/aromatic N) is 2. The molecule has 8 heteroatoms. The van der Waals surface area contributed by atoms with Gasteiger partial charge in [0.1, 0.15) is 11.4 Å². The molecule has 2 fully saturated rings. The van der Waals surface area contributed by atoms with Crippen LogP contribution in [0.1, 0.15) is 38.3 Å². The van der Waals surface area contributed by atoms with Gasteiger partial charge in [-0.25, -0.2) is 9.18 Å². The van der Waals surface area contributed by atoms with Gasteiger partial charge in [-0.15, -0.1) is 0 Å². The van der Waals surface area contributed by atoms with Crippen LogP contribution in [-0.4, -0.2) is 59.4 Å². The molecular formula is C19H25FN4O3. The Bertz CT molecular complexity index is 752. The van der Waals surface area contributed by atoms with Crippen LogP contribution >= 0.6 is 0 Å². The predicted molar refractivity (Wildman–Crippen MR) is 97.3 cm³/mol. The largest absolute Gasteiger partial charge is 0.333 e. The van der Waals surface area contributed by atoms with Gasteiger partial charge in [0.25, 0.3) is 5.91 Å². The molecule has 2 aliphatic rings. The van der Waals surface area contributed by atoms with Gasteiger partial charge < -0.3 is 15.5 Å². The van der Waals surface area contributed by atoms with Crippen molar-refractivity contribution in [2.24, 2.45) is 0 Å². The van der Waals surface area contributed by atoms with E-state index in [9.17, 15) is 18.8 Å². The second-order valence-electron chi connectivity index (χ2n) is 7.48. The van der Waals surface area contributed by atoms with Gasteiger partial charge in [0.15, 0.2) is 0 Å². The molecule has 27 heavy (non-hydrogen) atoms. The van der Waals surface area contributed by atoms with E-state index in [1.165, 1.54) is 12.1 Å². The number of halogens is 1. The molecule has 0 spiro atoms. The molecule has 7 nitrogen and oxygen atoms in total. The second-order valence-corrected chi connectivity index (χ2v) is 7.48. The standard InChI is InChI=1S/C19H25FN4O3/c1-19(2)17(26)24(18(27)22-19)9-4-7-16(25)23-10-8-21-12-15(23)13-5-3-6-14(20)11-13/h3,5-6,11,15,21H,4,7-10,12H2,1-2H3,(H,22,27). The molecule has 2 N–H and O–H groups in total. The van der Waals surface area contributed by atoms with Crippen LogP contribution < -0.4 is 10.6 Å². The molecule has 0 saturated carbocycles. The fourth-order valence-electron chi connectivity index (χ4n) is 3.57. The number of nitrogens with one attached hydrogen (secondary N) is 2. The summed E-state index contributed by atoms with van der Waals surface area (Å²) in [5.74, 6) is -0.663. The zero-order valence-corrected chi connectivity index (χ0v) is 15.6. The summed E-state index contributed by atoms with van der Waals surface area (Å²) in [5.41, 5.74) is -0.145. The van der Waals surface area contributed by atoms with Gasteiger partial charge >= 0.3 is 6.03 Å². The van der Waals surface area contributed by atoms with E-state index >= 15 is 0 Å². The minimum absolute atomic E-state index is 0.0583. The van der Waals surface area contributed by atoms with Crippen molar-refractivity contribution >= 4 is 17.8 Å². The molecule has 2 saturated heterocycles. The van der Waals surface area contributed by atoms with Gasteiger partial charge in [-0.1, -0.05) is 12.1 Å². The van der Waals surface area contributed by atoms with Crippen molar-refractivity contribution in [1.82, 2.24) is 20.4 Å².